The Bertz CT molecular complexity index is 1590. The summed E-state index contributed by atoms with van der Waals surface area (Å²) in [4.78, 5) is 9.91. The van der Waals surface area contributed by atoms with E-state index in [1.807, 2.05) is 30.5 Å². The van der Waals surface area contributed by atoms with Crippen molar-refractivity contribution in [2.24, 2.45) is 0 Å². The molecule has 0 spiro atoms. The summed E-state index contributed by atoms with van der Waals surface area (Å²) in [6.45, 7) is 13.7. The molecule has 0 saturated heterocycles. The largest absolute Gasteiger partial charge is 0.497 e. The second-order valence-electron chi connectivity index (χ2n) is 12.1. The molecule has 192 valence electrons. The number of methoxy groups -OCH3 is 1. The van der Waals surface area contributed by atoms with E-state index in [0.717, 1.165) is 44.7 Å². The molecule has 0 amide bonds. The third kappa shape index (κ3) is 5.33. The van der Waals surface area contributed by atoms with Gasteiger partial charge in [-0.05, 0) is 68.8 Å². The van der Waals surface area contributed by atoms with Gasteiger partial charge in [-0.3, -0.25) is 4.98 Å². The number of hydrogen-bond donors (Lipinski definition) is 0. The van der Waals surface area contributed by atoms with Gasteiger partial charge in [-0.1, -0.05) is 96.1 Å². The molecule has 0 saturated carbocycles. The highest BCUT2D eigenvalue weighted by atomic mass is 16.5. The zero-order chi connectivity index (χ0) is 27.1. The van der Waals surface area contributed by atoms with E-state index in [-0.39, 0.29) is 10.8 Å². The maximum Gasteiger partial charge on any atom is 0.119 e. The average molecular weight is 501 g/mol. The van der Waals surface area contributed by atoms with Crippen molar-refractivity contribution < 1.29 is 4.74 Å². The van der Waals surface area contributed by atoms with E-state index in [4.69, 9.17) is 14.7 Å². The number of benzene rings is 3. The Morgan fingerprint density at radius 2 is 1.18 bits per heavy atom. The Balaban J connectivity index is 1.76. The summed E-state index contributed by atoms with van der Waals surface area (Å²) in [5.74, 6) is 0.810. The lowest BCUT2D eigenvalue weighted by molar-refractivity contribution is 0.415. The lowest BCUT2D eigenvalue weighted by atomic mass is 9.79. The summed E-state index contributed by atoms with van der Waals surface area (Å²) < 4.78 is 5.52. The minimum atomic E-state index is 0.0292. The molecule has 2 aromatic heterocycles. The minimum Gasteiger partial charge on any atom is -0.497 e. The molecule has 0 aliphatic rings. The van der Waals surface area contributed by atoms with Crippen LogP contribution < -0.4 is 4.74 Å². The first-order chi connectivity index (χ1) is 18.0. The monoisotopic (exact) mass is 500 g/mol. The lowest BCUT2D eigenvalue weighted by Gasteiger charge is -2.26. The molecule has 2 heterocycles. The second-order valence-corrected chi connectivity index (χ2v) is 12.1. The number of hydrogen-bond acceptors (Lipinski definition) is 3. The van der Waals surface area contributed by atoms with E-state index in [1.54, 1.807) is 7.11 Å². The topological polar surface area (TPSA) is 35.0 Å². The van der Waals surface area contributed by atoms with Gasteiger partial charge in [0.05, 0.1) is 24.2 Å². The first kappa shape index (κ1) is 25.7. The molecule has 5 aromatic rings. The third-order valence-corrected chi connectivity index (χ3v) is 7.08. The summed E-state index contributed by atoms with van der Waals surface area (Å²) in [5.41, 5.74) is 8.64. The van der Waals surface area contributed by atoms with Gasteiger partial charge in [0.1, 0.15) is 5.75 Å². The van der Waals surface area contributed by atoms with Crippen LogP contribution in [0, 0.1) is 0 Å². The van der Waals surface area contributed by atoms with Crippen LogP contribution in [-0.2, 0) is 10.8 Å². The molecule has 0 aliphatic heterocycles. The number of ether oxygens (including phenoxy) is 1. The minimum absolute atomic E-state index is 0.0292. The van der Waals surface area contributed by atoms with Gasteiger partial charge in [-0.2, -0.15) is 0 Å². The maximum absolute atomic E-state index is 5.52. The maximum atomic E-state index is 5.52. The van der Waals surface area contributed by atoms with Crippen LogP contribution in [0.4, 0.5) is 0 Å². The highest BCUT2D eigenvalue weighted by Gasteiger charge is 2.21. The highest BCUT2D eigenvalue weighted by molar-refractivity contribution is 5.86. The van der Waals surface area contributed by atoms with Gasteiger partial charge in [0.2, 0.25) is 0 Å². The molecule has 0 fully saturated rings. The van der Waals surface area contributed by atoms with Crippen molar-refractivity contribution >= 4 is 10.8 Å². The Hall–Kier alpha value is -3.98. The molecular formula is C35H36N2O. The predicted octanol–water partition coefficient (Wildman–Crippen LogP) is 9.23. The molecule has 0 N–H and O–H groups in total. The molecule has 3 nitrogen and oxygen atoms in total. The van der Waals surface area contributed by atoms with Gasteiger partial charge in [-0.25, -0.2) is 4.98 Å². The molecule has 0 radical (unpaired) electrons. The summed E-state index contributed by atoms with van der Waals surface area (Å²) in [7, 11) is 1.69. The normalized spacial score (nSPS) is 12.1. The van der Waals surface area contributed by atoms with Crippen LogP contribution in [0.15, 0.2) is 91.1 Å². The van der Waals surface area contributed by atoms with Crippen molar-refractivity contribution in [3.63, 3.8) is 0 Å². The number of rotatable bonds is 4. The van der Waals surface area contributed by atoms with Crippen LogP contribution in [0.25, 0.3) is 44.5 Å². The van der Waals surface area contributed by atoms with Gasteiger partial charge in [0.15, 0.2) is 0 Å². The summed E-state index contributed by atoms with van der Waals surface area (Å²) >= 11 is 0. The van der Waals surface area contributed by atoms with Gasteiger partial charge in [0, 0.05) is 17.1 Å². The summed E-state index contributed by atoms with van der Waals surface area (Å²) in [6, 6.07) is 29.9. The molecule has 0 bridgehead atoms. The molecular weight excluding hydrogens is 464 g/mol. The molecule has 3 aromatic carbocycles. The fourth-order valence-electron chi connectivity index (χ4n) is 4.64. The van der Waals surface area contributed by atoms with Crippen LogP contribution in [-0.4, -0.2) is 17.1 Å². The van der Waals surface area contributed by atoms with Crippen LogP contribution >= 0.6 is 0 Å². The first-order valence-electron chi connectivity index (χ1n) is 13.2. The fraction of sp³-hybridized carbons (Fsp3) is 0.257. The van der Waals surface area contributed by atoms with Gasteiger partial charge >= 0.3 is 0 Å². The third-order valence-electron chi connectivity index (χ3n) is 7.08. The quantitative estimate of drug-likeness (QED) is 0.247. The zero-order valence-electron chi connectivity index (χ0n) is 23.5. The zero-order valence-corrected chi connectivity index (χ0v) is 23.5. The van der Waals surface area contributed by atoms with Crippen LogP contribution in [0.3, 0.4) is 0 Å². The number of aromatic nitrogens is 2. The van der Waals surface area contributed by atoms with E-state index < -0.39 is 0 Å². The Morgan fingerprint density at radius 1 is 0.553 bits per heavy atom. The number of nitrogens with zero attached hydrogens (tertiary/aromatic N) is 2. The molecule has 0 unspecified atom stereocenters. The Kier molecular flexibility index (Phi) is 6.56. The first-order valence-corrected chi connectivity index (χ1v) is 13.2. The van der Waals surface area contributed by atoms with E-state index in [0.29, 0.717) is 0 Å². The van der Waals surface area contributed by atoms with Crippen LogP contribution in [0.1, 0.15) is 52.7 Å². The summed E-state index contributed by atoms with van der Waals surface area (Å²) in [6.07, 6.45) is 1.93. The van der Waals surface area contributed by atoms with Crippen molar-refractivity contribution in [1.82, 2.24) is 9.97 Å². The molecule has 0 aliphatic carbocycles. The number of pyridine rings is 2. The van der Waals surface area contributed by atoms with Crippen LogP contribution in [0.5, 0.6) is 5.75 Å². The Labute approximate surface area is 226 Å². The molecule has 5 rings (SSSR count). The Morgan fingerprint density at radius 3 is 1.84 bits per heavy atom. The van der Waals surface area contributed by atoms with Gasteiger partial charge in [0.25, 0.3) is 0 Å². The molecule has 0 atom stereocenters. The predicted molar refractivity (Wildman–Crippen MR) is 160 cm³/mol. The molecule has 3 heteroatoms. The highest BCUT2D eigenvalue weighted by Crippen LogP contribution is 2.37. The number of fused-ring (bicyclic) bond motifs is 1. The standard InChI is InChI=1S/C35H36N2O/c1-34(2,3)28-15-26(16-29(21-28)35(4,5)6)27-19-31(24-13-10-14-30(17-24)38-7)37-33(20-27)32-18-23-11-8-9-12-25(23)22-36-32/h8-22H,1-7H3. The van der Waals surface area contributed by atoms with E-state index >= 15 is 0 Å². The van der Waals surface area contributed by atoms with Crippen molar-refractivity contribution in [3.05, 3.63) is 102 Å². The van der Waals surface area contributed by atoms with Gasteiger partial charge in [-0.15, -0.1) is 0 Å². The second kappa shape index (κ2) is 9.72. The SMILES string of the molecule is COc1cccc(-c2cc(-c3cc(C(C)(C)C)cc(C(C)(C)C)c3)cc(-c3cc4ccccc4cn3)n2)c1. The van der Waals surface area contributed by atoms with Crippen LogP contribution in [0.2, 0.25) is 0 Å². The van der Waals surface area contributed by atoms with Crippen molar-refractivity contribution in [3.8, 4) is 39.5 Å². The molecule has 38 heavy (non-hydrogen) atoms. The summed E-state index contributed by atoms with van der Waals surface area (Å²) in [5, 5.41) is 2.27. The van der Waals surface area contributed by atoms with Crippen molar-refractivity contribution in [2.75, 3.05) is 7.11 Å². The van der Waals surface area contributed by atoms with E-state index in [1.165, 1.54) is 16.7 Å². The van der Waals surface area contributed by atoms with Gasteiger partial charge < -0.3 is 4.74 Å². The average Bonchev–Trinajstić information content (AvgIpc) is 2.91. The van der Waals surface area contributed by atoms with E-state index in [2.05, 4.69) is 102 Å². The van der Waals surface area contributed by atoms with Crippen molar-refractivity contribution in [1.29, 1.82) is 0 Å². The smallest absolute Gasteiger partial charge is 0.119 e. The van der Waals surface area contributed by atoms with Crippen molar-refractivity contribution in [2.45, 2.75) is 52.4 Å². The lowest BCUT2D eigenvalue weighted by Crippen LogP contribution is -2.16. The van der Waals surface area contributed by atoms with E-state index in [9.17, 15) is 0 Å². The fourth-order valence-corrected chi connectivity index (χ4v) is 4.64.